The average molecular weight is 186 g/mol. The van der Waals surface area contributed by atoms with Gasteiger partial charge in [-0.3, -0.25) is 0 Å². The Balaban J connectivity index is 2.74. The highest BCUT2D eigenvalue weighted by molar-refractivity contribution is 4.93. The molecule has 6 heteroatoms. The summed E-state index contributed by atoms with van der Waals surface area (Å²) in [5.41, 5.74) is 13.8. The molecule has 0 amide bonds. The highest BCUT2D eigenvalue weighted by Gasteiger charge is 2.36. The number of hydrogen-bond acceptors (Lipinski definition) is 4. The third kappa shape index (κ3) is 2.10. The third-order valence-electron chi connectivity index (χ3n) is 2.26. The minimum atomic E-state index is -0.797. The summed E-state index contributed by atoms with van der Waals surface area (Å²) in [6, 6.07) is -1.02. The van der Waals surface area contributed by atoms with E-state index in [2.05, 4.69) is 10.0 Å². The zero-order valence-electron chi connectivity index (χ0n) is 7.50. The van der Waals surface area contributed by atoms with Crippen LogP contribution in [0, 0.1) is 0 Å². The number of nitrogens with zero attached hydrogens (tertiary/aromatic N) is 3. The van der Waals surface area contributed by atoms with Crippen LogP contribution in [0.4, 0.5) is 0 Å². The summed E-state index contributed by atoms with van der Waals surface area (Å²) in [6.07, 6.45) is -0.312. The van der Waals surface area contributed by atoms with Crippen LogP contribution in [0.15, 0.2) is 5.11 Å². The molecular weight excluding hydrogens is 172 g/mol. The Morgan fingerprint density at radius 3 is 3.00 bits per heavy atom. The second-order valence-corrected chi connectivity index (χ2v) is 3.13. The number of ether oxygens (including phenoxy) is 1. The van der Waals surface area contributed by atoms with Gasteiger partial charge in [0.05, 0.1) is 30.9 Å². The maximum absolute atomic E-state index is 9.60. The lowest BCUT2D eigenvalue weighted by Gasteiger charge is -2.35. The molecular formula is C7H14N4O2. The van der Waals surface area contributed by atoms with Gasteiger partial charge in [0.25, 0.3) is 0 Å². The number of aliphatic hydroxyl groups is 1. The van der Waals surface area contributed by atoms with Crippen LogP contribution < -0.4 is 5.73 Å². The maximum atomic E-state index is 9.60. The van der Waals surface area contributed by atoms with Gasteiger partial charge in [-0.1, -0.05) is 12.0 Å². The topological polar surface area (TPSA) is 104 Å². The summed E-state index contributed by atoms with van der Waals surface area (Å²) < 4.78 is 5.33. The molecule has 0 saturated carbocycles. The lowest BCUT2D eigenvalue weighted by Crippen LogP contribution is -2.55. The molecule has 1 rings (SSSR count). The second-order valence-electron chi connectivity index (χ2n) is 3.13. The van der Waals surface area contributed by atoms with Gasteiger partial charge in [0.15, 0.2) is 0 Å². The van der Waals surface area contributed by atoms with Crippen LogP contribution in [0.3, 0.4) is 0 Å². The van der Waals surface area contributed by atoms with E-state index in [9.17, 15) is 5.11 Å². The van der Waals surface area contributed by atoms with Crippen LogP contribution in [0.25, 0.3) is 10.4 Å². The molecule has 3 N–H and O–H groups in total. The van der Waals surface area contributed by atoms with Gasteiger partial charge in [-0.05, 0) is 12.0 Å². The predicted octanol–water partition coefficient (Wildman–Crippen LogP) is 0.162. The van der Waals surface area contributed by atoms with E-state index < -0.39 is 18.2 Å². The lowest BCUT2D eigenvalue weighted by molar-refractivity contribution is -0.0730. The monoisotopic (exact) mass is 186 g/mol. The van der Waals surface area contributed by atoms with Gasteiger partial charge < -0.3 is 15.6 Å². The van der Waals surface area contributed by atoms with Gasteiger partial charge in [0.1, 0.15) is 0 Å². The molecule has 0 spiro atoms. The van der Waals surface area contributed by atoms with Gasteiger partial charge in [-0.15, -0.1) is 0 Å². The minimum absolute atomic E-state index is 0.217. The molecule has 0 aliphatic carbocycles. The number of aliphatic hydroxyl groups excluding tert-OH is 1. The first-order valence-electron chi connectivity index (χ1n) is 4.30. The van der Waals surface area contributed by atoms with Crippen molar-refractivity contribution in [3.8, 4) is 0 Å². The van der Waals surface area contributed by atoms with Gasteiger partial charge in [0, 0.05) is 4.91 Å². The summed E-state index contributed by atoms with van der Waals surface area (Å²) in [5.74, 6) is 0. The molecule has 0 aromatic heterocycles. The van der Waals surface area contributed by atoms with Gasteiger partial charge in [0.2, 0.25) is 0 Å². The van der Waals surface area contributed by atoms with Crippen molar-refractivity contribution in [3.05, 3.63) is 10.4 Å². The highest BCUT2D eigenvalue weighted by Crippen LogP contribution is 2.19. The van der Waals surface area contributed by atoms with E-state index in [4.69, 9.17) is 16.0 Å². The standard InChI is InChI=1S/C7H14N4O2/c1-2-5-6(10-11-9)7(12)4(8)3-13-5/h4-7,12H,2-3,8H2,1H3/t4?,5?,6-,7+/m0/s1. The molecule has 1 aliphatic rings. The van der Waals surface area contributed by atoms with Crippen molar-refractivity contribution in [1.82, 2.24) is 0 Å². The van der Waals surface area contributed by atoms with Crippen LogP contribution in [-0.4, -0.2) is 36.0 Å². The molecule has 0 aromatic rings. The Morgan fingerprint density at radius 1 is 1.77 bits per heavy atom. The first-order chi connectivity index (χ1) is 6.20. The fraction of sp³-hybridized carbons (Fsp3) is 1.00. The van der Waals surface area contributed by atoms with Crippen molar-refractivity contribution in [2.45, 2.75) is 37.6 Å². The Kier molecular flexibility index (Phi) is 3.50. The van der Waals surface area contributed by atoms with E-state index in [1.807, 2.05) is 6.92 Å². The highest BCUT2D eigenvalue weighted by atomic mass is 16.5. The fourth-order valence-corrected chi connectivity index (χ4v) is 1.47. The summed E-state index contributed by atoms with van der Waals surface area (Å²) in [7, 11) is 0. The van der Waals surface area contributed by atoms with E-state index in [1.165, 1.54) is 0 Å². The fourth-order valence-electron chi connectivity index (χ4n) is 1.47. The molecule has 0 radical (unpaired) electrons. The third-order valence-corrected chi connectivity index (χ3v) is 2.26. The quantitative estimate of drug-likeness (QED) is 0.364. The van der Waals surface area contributed by atoms with Crippen molar-refractivity contribution in [2.75, 3.05) is 6.61 Å². The number of rotatable bonds is 2. The zero-order chi connectivity index (χ0) is 9.84. The van der Waals surface area contributed by atoms with E-state index in [-0.39, 0.29) is 6.10 Å². The number of hydrogen-bond donors (Lipinski definition) is 2. The minimum Gasteiger partial charge on any atom is -0.391 e. The molecule has 4 atom stereocenters. The van der Waals surface area contributed by atoms with Crippen LogP contribution in [0.1, 0.15) is 13.3 Å². The van der Waals surface area contributed by atoms with E-state index >= 15 is 0 Å². The molecule has 13 heavy (non-hydrogen) atoms. The molecule has 1 heterocycles. The second kappa shape index (κ2) is 4.43. The summed E-state index contributed by atoms with van der Waals surface area (Å²) in [6.45, 7) is 2.23. The predicted molar refractivity (Wildman–Crippen MR) is 46.9 cm³/mol. The van der Waals surface area contributed by atoms with Crippen molar-refractivity contribution >= 4 is 0 Å². The largest absolute Gasteiger partial charge is 0.391 e. The Bertz CT molecular complexity index is 215. The summed E-state index contributed by atoms with van der Waals surface area (Å²) in [4.78, 5) is 2.67. The van der Waals surface area contributed by atoms with Crippen LogP contribution >= 0.6 is 0 Å². The molecule has 1 fully saturated rings. The molecule has 74 valence electrons. The first kappa shape index (κ1) is 10.3. The first-order valence-corrected chi connectivity index (χ1v) is 4.30. The number of azide groups is 1. The van der Waals surface area contributed by atoms with Crippen molar-refractivity contribution in [1.29, 1.82) is 0 Å². The van der Waals surface area contributed by atoms with Crippen LogP contribution in [0.2, 0.25) is 0 Å². The Morgan fingerprint density at radius 2 is 2.46 bits per heavy atom. The lowest BCUT2D eigenvalue weighted by atomic mass is 9.95. The van der Waals surface area contributed by atoms with Gasteiger partial charge in [-0.2, -0.15) is 0 Å². The molecule has 1 aliphatic heterocycles. The van der Waals surface area contributed by atoms with Crippen molar-refractivity contribution < 1.29 is 9.84 Å². The van der Waals surface area contributed by atoms with Gasteiger partial charge >= 0.3 is 0 Å². The SMILES string of the molecule is CCC1OCC(N)[C@@H](O)[C@H]1N=[N+]=[N-]. The smallest absolute Gasteiger partial charge is 0.0911 e. The van der Waals surface area contributed by atoms with Gasteiger partial charge in [-0.25, -0.2) is 0 Å². The summed E-state index contributed by atoms with van der Waals surface area (Å²) >= 11 is 0. The molecule has 1 saturated heterocycles. The average Bonchev–Trinajstić information content (AvgIpc) is 2.14. The van der Waals surface area contributed by atoms with E-state index in [0.717, 1.165) is 0 Å². The Hall–Kier alpha value is -0.810. The molecule has 0 aromatic carbocycles. The van der Waals surface area contributed by atoms with Crippen molar-refractivity contribution in [3.63, 3.8) is 0 Å². The molecule has 2 unspecified atom stereocenters. The zero-order valence-corrected chi connectivity index (χ0v) is 7.50. The Labute approximate surface area is 76.3 Å². The summed E-state index contributed by atoms with van der Waals surface area (Å²) in [5, 5.41) is 13.1. The molecule has 0 bridgehead atoms. The van der Waals surface area contributed by atoms with Crippen molar-refractivity contribution in [2.24, 2.45) is 10.8 Å². The number of nitrogens with two attached hydrogens (primary N) is 1. The van der Waals surface area contributed by atoms with E-state index in [1.54, 1.807) is 0 Å². The van der Waals surface area contributed by atoms with E-state index in [0.29, 0.717) is 13.0 Å². The molecule has 6 nitrogen and oxygen atoms in total. The maximum Gasteiger partial charge on any atom is 0.0911 e. The van der Waals surface area contributed by atoms with Crippen LogP contribution in [-0.2, 0) is 4.74 Å². The van der Waals surface area contributed by atoms with Crippen LogP contribution in [0.5, 0.6) is 0 Å². The normalized spacial score (nSPS) is 39.6.